The molecule has 3 rings (SSSR count). The normalized spacial score (nSPS) is 10.8. The molecular formula is C14H9BrN4O3. The maximum atomic E-state index is 10.9. The van der Waals surface area contributed by atoms with Crippen molar-refractivity contribution in [2.24, 2.45) is 0 Å². The molecule has 0 aliphatic heterocycles. The van der Waals surface area contributed by atoms with Crippen molar-refractivity contribution in [2.45, 2.75) is 0 Å². The fourth-order valence-corrected chi connectivity index (χ4v) is 2.62. The Morgan fingerprint density at radius 1 is 1.23 bits per heavy atom. The SMILES string of the molecule is Nc1nc(-c2ccccc2O)nc2c(Br)cc([N+](=O)[O-])cc12. The van der Waals surface area contributed by atoms with Gasteiger partial charge in [-0.1, -0.05) is 12.1 Å². The van der Waals surface area contributed by atoms with E-state index in [1.54, 1.807) is 18.2 Å². The molecule has 7 nitrogen and oxygen atoms in total. The number of aromatic hydroxyl groups is 1. The van der Waals surface area contributed by atoms with E-state index in [0.717, 1.165) is 0 Å². The Morgan fingerprint density at radius 2 is 1.95 bits per heavy atom. The van der Waals surface area contributed by atoms with Crippen LogP contribution < -0.4 is 5.73 Å². The second-order valence-corrected chi connectivity index (χ2v) is 5.38. The van der Waals surface area contributed by atoms with E-state index >= 15 is 0 Å². The number of non-ortho nitro benzene ring substituents is 1. The van der Waals surface area contributed by atoms with Crippen molar-refractivity contribution >= 4 is 38.3 Å². The van der Waals surface area contributed by atoms with Gasteiger partial charge in [0.2, 0.25) is 0 Å². The second-order valence-electron chi connectivity index (χ2n) is 4.53. The van der Waals surface area contributed by atoms with Gasteiger partial charge in [0.15, 0.2) is 5.82 Å². The second kappa shape index (κ2) is 5.23. The van der Waals surface area contributed by atoms with Crippen LogP contribution in [0, 0.1) is 10.1 Å². The highest BCUT2D eigenvalue weighted by Crippen LogP contribution is 2.34. The number of nitro groups is 1. The average Bonchev–Trinajstić information content (AvgIpc) is 2.48. The topological polar surface area (TPSA) is 115 Å². The highest BCUT2D eigenvalue weighted by molar-refractivity contribution is 9.10. The summed E-state index contributed by atoms with van der Waals surface area (Å²) < 4.78 is 0.433. The van der Waals surface area contributed by atoms with Gasteiger partial charge in [-0.15, -0.1) is 0 Å². The number of phenolic OH excluding ortho intramolecular Hbond substituents is 1. The molecule has 0 atom stereocenters. The number of anilines is 1. The summed E-state index contributed by atoms with van der Waals surface area (Å²) >= 11 is 3.26. The molecule has 2 aromatic carbocycles. The largest absolute Gasteiger partial charge is 0.507 e. The lowest BCUT2D eigenvalue weighted by Crippen LogP contribution is -1.99. The number of para-hydroxylation sites is 1. The summed E-state index contributed by atoms with van der Waals surface area (Å²) in [4.78, 5) is 18.9. The summed E-state index contributed by atoms with van der Waals surface area (Å²) in [5.74, 6) is 0.379. The number of benzene rings is 2. The van der Waals surface area contributed by atoms with Gasteiger partial charge >= 0.3 is 0 Å². The minimum absolute atomic E-state index is 0.0271. The maximum absolute atomic E-state index is 10.9. The molecule has 110 valence electrons. The van der Waals surface area contributed by atoms with Crippen molar-refractivity contribution in [1.82, 2.24) is 9.97 Å². The third kappa shape index (κ3) is 2.33. The van der Waals surface area contributed by atoms with E-state index in [1.807, 2.05) is 0 Å². The van der Waals surface area contributed by atoms with Crippen LogP contribution in [0.15, 0.2) is 40.9 Å². The minimum Gasteiger partial charge on any atom is -0.507 e. The zero-order chi connectivity index (χ0) is 15.9. The predicted octanol–water partition coefficient (Wildman–Crippen LogP) is 3.26. The molecule has 0 spiro atoms. The first-order valence-corrected chi connectivity index (χ1v) is 6.96. The van der Waals surface area contributed by atoms with Crippen LogP contribution in [0.5, 0.6) is 5.75 Å². The van der Waals surface area contributed by atoms with Crippen LogP contribution in [-0.2, 0) is 0 Å². The van der Waals surface area contributed by atoms with E-state index < -0.39 is 4.92 Å². The van der Waals surface area contributed by atoms with E-state index in [-0.39, 0.29) is 23.1 Å². The Labute approximate surface area is 132 Å². The smallest absolute Gasteiger partial charge is 0.271 e. The molecule has 0 amide bonds. The molecule has 3 aromatic rings. The highest BCUT2D eigenvalue weighted by atomic mass is 79.9. The Morgan fingerprint density at radius 3 is 2.64 bits per heavy atom. The van der Waals surface area contributed by atoms with Gasteiger partial charge in [0.05, 0.1) is 25.9 Å². The summed E-state index contributed by atoms with van der Waals surface area (Å²) in [7, 11) is 0. The molecule has 0 saturated heterocycles. The van der Waals surface area contributed by atoms with Gasteiger partial charge in [0.1, 0.15) is 11.6 Å². The first-order chi connectivity index (χ1) is 10.5. The Bertz CT molecular complexity index is 914. The van der Waals surface area contributed by atoms with E-state index in [1.165, 1.54) is 18.2 Å². The van der Waals surface area contributed by atoms with Gasteiger partial charge in [-0.2, -0.15) is 0 Å². The third-order valence-electron chi connectivity index (χ3n) is 3.12. The van der Waals surface area contributed by atoms with Crippen molar-refractivity contribution < 1.29 is 10.0 Å². The summed E-state index contributed by atoms with van der Waals surface area (Å²) in [6, 6.07) is 9.28. The molecule has 1 heterocycles. The summed E-state index contributed by atoms with van der Waals surface area (Å²) in [5, 5.41) is 21.2. The molecule has 3 N–H and O–H groups in total. The molecule has 0 aliphatic carbocycles. The van der Waals surface area contributed by atoms with E-state index in [9.17, 15) is 15.2 Å². The number of nitrogens with zero attached hydrogens (tertiary/aromatic N) is 3. The standard InChI is InChI=1S/C14H9BrN4O3/c15-10-6-7(19(21)22)5-9-12(10)17-14(18-13(9)16)8-3-1-2-4-11(8)20/h1-6,20H,(H2,16,17,18). The molecule has 1 aromatic heterocycles. The summed E-state index contributed by atoms with van der Waals surface area (Å²) in [6.45, 7) is 0. The Balaban J connectivity index is 2.30. The van der Waals surface area contributed by atoms with Gasteiger partial charge in [-0.05, 0) is 28.1 Å². The number of hydrogen-bond donors (Lipinski definition) is 2. The van der Waals surface area contributed by atoms with Gasteiger partial charge in [0.25, 0.3) is 5.69 Å². The quantitative estimate of drug-likeness (QED) is 0.535. The molecular weight excluding hydrogens is 352 g/mol. The lowest BCUT2D eigenvalue weighted by atomic mass is 10.1. The van der Waals surface area contributed by atoms with Crippen molar-refractivity contribution in [2.75, 3.05) is 5.73 Å². The van der Waals surface area contributed by atoms with Gasteiger partial charge in [0, 0.05) is 12.1 Å². The zero-order valence-electron chi connectivity index (χ0n) is 11.0. The van der Waals surface area contributed by atoms with Crippen molar-refractivity contribution in [3.8, 4) is 17.1 Å². The first kappa shape index (κ1) is 14.2. The number of nitro benzene ring substituents is 1. The first-order valence-electron chi connectivity index (χ1n) is 6.17. The van der Waals surface area contributed by atoms with Crippen LogP contribution in [-0.4, -0.2) is 20.0 Å². The molecule has 22 heavy (non-hydrogen) atoms. The Hall–Kier alpha value is -2.74. The molecule has 8 heteroatoms. The maximum Gasteiger partial charge on any atom is 0.271 e. The van der Waals surface area contributed by atoms with E-state index in [4.69, 9.17) is 5.73 Å². The van der Waals surface area contributed by atoms with Crippen LogP contribution in [0.2, 0.25) is 0 Å². The number of hydrogen-bond acceptors (Lipinski definition) is 6. The van der Waals surface area contributed by atoms with Gasteiger partial charge in [-0.25, -0.2) is 9.97 Å². The fourth-order valence-electron chi connectivity index (χ4n) is 2.09. The number of fused-ring (bicyclic) bond motifs is 1. The minimum atomic E-state index is -0.513. The number of aromatic nitrogens is 2. The molecule has 0 bridgehead atoms. The number of rotatable bonds is 2. The van der Waals surface area contributed by atoms with Crippen LogP contribution in [0.4, 0.5) is 11.5 Å². The van der Waals surface area contributed by atoms with Crippen molar-refractivity contribution in [3.05, 3.63) is 51.0 Å². The molecule has 0 unspecified atom stereocenters. The number of halogens is 1. The van der Waals surface area contributed by atoms with Crippen LogP contribution in [0.3, 0.4) is 0 Å². The average molecular weight is 361 g/mol. The zero-order valence-corrected chi connectivity index (χ0v) is 12.6. The lowest BCUT2D eigenvalue weighted by molar-refractivity contribution is -0.384. The monoisotopic (exact) mass is 360 g/mol. The molecule has 0 aliphatic rings. The highest BCUT2D eigenvalue weighted by Gasteiger charge is 2.16. The van der Waals surface area contributed by atoms with E-state index in [0.29, 0.717) is 20.9 Å². The van der Waals surface area contributed by atoms with Crippen LogP contribution >= 0.6 is 15.9 Å². The Kier molecular flexibility index (Phi) is 3.38. The molecule has 0 saturated carbocycles. The molecule has 0 fully saturated rings. The fraction of sp³-hybridized carbons (Fsp3) is 0. The lowest BCUT2D eigenvalue weighted by Gasteiger charge is -2.08. The van der Waals surface area contributed by atoms with Crippen molar-refractivity contribution in [3.63, 3.8) is 0 Å². The third-order valence-corrected chi connectivity index (χ3v) is 3.73. The number of nitrogen functional groups attached to an aromatic ring is 1. The predicted molar refractivity (Wildman–Crippen MR) is 85.4 cm³/mol. The van der Waals surface area contributed by atoms with Gasteiger partial charge < -0.3 is 10.8 Å². The summed E-state index contributed by atoms with van der Waals surface area (Å²) in [5.41, 5.74) is 6.67. The van der Waals surface area contributed by atoms with E-state index in [2.05, 4.69) is 25.9 Å². The van der Waals surface area contributed by atoms with Crippen LogP contribution in [0.1, 0.15) is 0 Å². The number of phenols is 1. The van der Waals surface area contributed by atoms with Gasteiger partial charge in [-0.3, -0.25) is 10.1 Å². The van der Waals surface area contributed by atoms with Crippen molar-refractivity contribution in [1.29, 1.82) is 0 Å². The number of nitrogens with two attached hydrogens (primary N) is 1. The summed E-state index contributed by atoms with van der Waals surface area (Å²) in [6.07, 6.45) is 0. The van der Waals surface area contributed by atoms with Crippen LogP contribution in [0.25, 0.3) is 22.3 Å². The molecule has 0 radical (unpaired) electrons.